The van der Waals surface area contributed by atoms with Gasteiger partial charge in [0, 0.05) is 25.8 Å². The highest BCUT2D eigenvalue weighted by molar-refractivity contribution is 7.19. The summed E-state index contributed by atoms with van der Waals surface area (Å²) in [6.45, 7) is 4.04. The van der Waals surface area contributed by atoms with Gasteiger partial charge in [-0.1, -0.05) is 5.16 Å². The number of nitrogens with one attached hydrogen (secondary N) is 1. The molecule has 0 spiro atoms. The molecule has 1 aliphatic carbocycles. The van der Waals surface area contributed by atoms with Gasteiger partial charge in [-0.2, -0.15) is 14.0 Å². The molecule has 1 saturated carbocycles. The predicted octanol–water partition coefficient (Wildman–Crippen LogP) is 4.79. The van der Waals surface area contributed by atoms with Crippen molar-refractivity contribution in [3.8, 4) is 11.8 Å². The summed E-state index contributed by atoms with van der Waals surface area (Å²) < 4.78 is 39.0. The van der Waals surface area contributed by atoms with E-state index in [1.165, 1.54) is 6.92 Å². The van der Waals surface area contributed by atoms with Crippen molar-refractivity contribution in [2.75, 3.05) is 0 Å². The largest absolute Gasteiger partial charge is 0.489 e. The summed E-state index contributed by atoms with van der Waals surface area (Å²) in [5.41, 5.74) is 1.38. The van der Waals surface area contributed by atoms with E-state index in [-0.39, 0.29) is 34.5 Å². The second-order valence-corrected chi connectivity index (χ2v) is 8.79. The van der Waals surface area contributed by atoms with Crippen LogP contribution in [0.25, 0.3) is 10.2 Å². The standard InChI is InChI=1S/C21H20F2N4O3S/c1-10(25-11(2)28)18-8-16(27-30-18)12-6-13(7-12)29-17-5-4-15-19(14(17)9-24)31-20(26-15)21(3,22)23/h4-5,8,10,12-13H,6-7H2,1-3H3,(H,25,28)/t10-,12?,13?/m0/s1. The minimum Gasteiger partial charge on any atom is -0.489 e. The van der Waals surface area contributed by atoms with Gasteiger partial charge >= 0.3 is 0 Å². The molecule has 2 aromatic heterocycles. The van der Waals surface area contributed by atoms with Crippen LogP contribution in [-0.4, -0.2) is 22.2 Å². The number of ether oxygens (including phenoxy) is 1. The van der Waals surface area contributed by atoms with Crippen LogP contribution in [0, 0.1) is 11.3 Å². The lowest BCUT2D eigenvalue weighted by atomic mass is 9.80. The lowest BCUT2D eigenvalue weighted by Crippen LogP contribution is -2.32. The van der Waals surface area contributed by atoms with E-state index in [9.17, 15) is 18.8 Å². The zero-order valence-electron chi connectivity index (χ0n) is 17.1. The van der Waals surface area contributed by atoms with Crippen molar-refractivity contribution in [3.05, 3.63) is 40.2 Å². The highest BCUT2D eigenvalue weighted by Gasteiger charge is 2.36. The predicted molar refractivity (Wildman–Crippen MR) is 109 cm³/mol. The van der Waals surface area contributed by atoms with Gasteiger partial charge in [-0.3, -0.25) is 4.79 Å². The summed E-state index contributed by atoms with van der Waals surface area (Å²) in [5, 5.41) is 16.1. The number of nitriles is 1. The molecular weight excluding hydrogens is 426 g/mol. The molecule has 1 aromatic carbocycles. The molecule has 2 heterocycles. The first-order valence-electron chi connectivity index (χ1n) is 9.78. The van der Waals surface area contributed by atoms with Gasteiger partial charge in [-0.15, -0.1) is 11.3 Å². The van der Waals surface area contributed by atoms with Crippen molar-refractivity contribution in [2.45, 2.75) is 57.6 Å². The Morgan fingerprint density at radius 3 is 2.84 bits per heavy atom. The summed E-state index contributed by atoms with van der Waals surface area (Å²) in [5.74, 6) is -2.11. The lowest BCUT2D eigenvalue weighted by molar-refractivity contribution is -0.119. The molecule has 0 saturated heterocycles. The molecule has 0 bridgehead atoms. The molecule has 1 atom stereocenters. The number of carbonyl (C=O) groups excluding carboxylic acids is 1. The summed E-state index contributed by atoms with van der Waals surface area (Å²) in [4.78, 5) is 15.1. The van der Waals surface area contributed by atoms with Crippen LogP contribution in [0.4, 0.5) is 8.78 Å². The van der Waals surface area contributed by atoms with Crippen LogP contribution in [0.2, 0.25) is 0 Å². The molecule has 1 N–H and O–H groups in total. The van der Waals surface area contributed by atoms with Crippen LogP contribution in [0.3, 0.4) is 0 Å². The van der Waals surface area contributed by atoms with Crippen molar-refractivity contribution < 1.29 is 22.8 Å². The van der Waals surface area contributed by atoms with E-state index in [2.05, 4.69) is 21.5 Å². The molecule has 31 heavy (non-hydrogen) atoms. The SMILES string of the molecule is CC(=O)N[C@@H](C)c1cc(C2CC(Oc3ccc4nc(C(C)(F)F)sc4c3C#N)C2)no1. The third-order valence-corrected chi connectivity index (χ3v) is 6.47. The first kappa shape index (κ1) is 21.2. The minimum absolute atomic E-state index is 0.123. The average Bonchev–Trinajstić information content (AvgIpc) is 3.30. The number of halogens is 2. The van der Waals surface area contributed by atoms with E-state index < -0.39 is 5.92 Å². The quantitative estimate of drug-likeness (QED) is 0.584. The number of hydrogen-bond acceptors (Lipinski definition) is 7. The van der Waals surface area contributed by atoms with Crippen LogP contribution in [0.15, 0.2) is 22.7 Å². The zero-order chi connectivity index (χ0) is 22.3. The Morgan fingerprint density at radius 2 is 2.19 bits per heavy atom. The Kier molecular flexibility index (Phi) is 5.39. The van der Waals surface area contributed by atoms with Gasteiger partial charge in [-0.05, 0) is 31.9 Å². The van der Waals surface area contributed by atoms with E-state index in [1.807, 2.05) is 13.0 Å². The number of nitrogens with zero attached hydrogens (tertiary/aromatic N) is 3. The molecule has 0 unspecified atom stereocenters. The van der Waals surface area contributed by atoms with Gasteiger partial charge in [0.1, 0.15) is 23.5 Å². The van der Waals surface area contributed by atoms with Crippen LogP contribution in [0.5, 0.6) is 5.75 Å². The van der Waals surface area contributed by atoms with E-state index >= 15 is 0 Å². The number of aromatic nitrogens is 2. The number of rotatable bonds is 6. The molecule has 3 aromatic rings. The number of fused-ring (bicyclic) bond motifs is 1. The van der Waals surface area contributed by atoms with Crippen molar-refractivity contribution >= 4 is 27.5 Å². The Morgan fingerprint density at radius 1 is 1.45 bits per heavy atom. The van der Waals surface area contributed by atoms with E-state index in [1.54, 1.807) is 12.1 Å². The molecule has 10 heteroatoms. The summed E-state index contributed by atoms with van der Waals surface area (Å²) in [6, 6.07) is 6.84. The van der Waals surface area contributed by atoms with Gasteiger partial charge in [0.25, 0.3) is 5.92 Å². The first-order valence-corrected chi connectivity index (χ1v) is 10.6. The van der Waals surface area contributed by atoms with Crippen LogP contribution in [-0.2, 0) is 10.7 Å². The maximum Gasteiger partial charge on any atom is 0.296 e. The molecule has 4 rings (SSSR count). The van der Waals surface area contributed by atoms with E-state index in [4.69, 9.17) is 9.26 Å². The fourth-order valence-electron chi connectivity index (χ4n) is 3.52. The maximum atomic E-state index is 13.6. The third kappa shape index (κ3) is 4.23. The second kappa shape index (κ2) is 7.89. The molecule has 7 nitrogen and oxygen atoms in total. The Hall–Kier alpha value is -3.06. The van der Waals surface area contributed by atoms with E-state index in [0.29, 0.717) is 34.6 Å². The molecular formula is C21H20F2N4O3S. The highest BCUT2D eigenvalue weighted by Crippen LogP contribution is 2.42. The normalized spacial score (nSPS) is 19.5. The van der Waals surface area contributed by atoms with Crippen LogP contribution in [0.1, 0.15) is 67.6 Å². The summed E-state index contributed by atoms with van der Waals surface area (Å²) in [7, 11) is 0. The number of benzene rings is 1. The third-order valence-electron chi connectivity index (χ3n) is 5.21. The Balaban J connectivity index is 1.44. The maximum absolute atomic E-state index is 13.6. The van der Waals surface area contributed by atoms with Gasteiger partial charge in [0.15, 0.2) is 10.8 Å². The van der Waals surface area contributed by atoms with Crippen molar-refractivity contribution in [2.24, 2.45) is 0 Å². The molecule has 0 radical (unpaired) electrons. The number of carbonyl (C=O) groups is 1. The monoisotopic (exact) mass is 446 g/mol. The zero-order valence-corrected chi connectivity index (χ0v) is 17.9. The smallest absolute Gasteiger partial charge is 0.296 e. The molecule has 162 valence electrons. The minimum atomic E-state index is -3.06. The van der Waals surface area contributed by atoms with Crippen molar-refractivity contribution in [3.63, 3.8) is 0 Å². The number of amides is 1. The summed E-state index contributed by atoms with van der Waals surface area (Å²) in [6.07, 6.45) is 1.25. The second-order valence-electron chi connectivity index (χ2n) is 7.79. The van der Waals surface area contributed by atoms with Gasteiger partial charge in [-0.25, -0.2) is 4.98 Å². The molecule has 0 aliphatic heterocycles. The van der Waals surface area contributed by atoms with Crippen molar-refractivity contribution in [1.29, 1.82) is 5.26 Å². The van der Waals surface area contributed by atoms with Gasteiger partial charge < -0.3 is 14.6 Å². The Labute approximate surface area is 181 Å². The lowest BCUT2D eigenvalue weighted by Gasteiger charge is -2.34. The average molecular weight is 446 g/mol. The number of thiazole rings is 1. The van der Waals surface area contributed by atoms with Crippen LogP contribution >= 0.6 is 11.3 Å². The van der Waals surface area contributed by atoms with Crippen LogP contribution < -0.4 is 10.1 Å². The van der Waals surface area contributed by atoms with Crippen molar-refractivity contribution in [1.82, 2.24) is 15.5 Å². The first-order chi connectivity index (χ1) is 14.7. The van der Waals surface area contributed by atoms with Gasteiger partial charge in [0.05, 0.1) is 22.0 Å². The number of hydrogen-bond donors (Lipinski definition) is 1. The fraction of sp³-hybridized carbons (Fsp3) is 0.429. The highest BCUT2D eigenvalue weighted by atomic mass is 32.1. The molecule has 1 fully saturated rings. The van der Waals surface area contributed by atoms with E-state index in [0.717, 1.165) is 24.0 Å². The Bertz CT molecular complexity index is 1170. The van der Waals surface area contributed by atoms with Gasteiger partial charge in [0.2, 0.25) is 5.91 Å². The summed E-state index contributed by atoms with van der Waals surface area (Å²) >= 11 is 0.813. The molecule has 1 aliphatic rings. The fourth-order valence-corrected chi connectivity index (χ4v) is 4.51. The topological polar surface area (TPSA) is 101 Å². The number of alkyl halides is 2. The molecule has 1 amide bonds.